The molecule has 0 saturated heterocycles. The highest BCUT2D eigenvalue weighted by Gasteiger charge is 2.15. The Morgan fingerprint density at radius 1 is 0.326 bits per heavy atom. The minimum atomic E-state index is 0.655. The lowest BCUT2D eigenvalue weighted by molar-refractivity contribution is 1.07. The van der Waals surface area contributed by atoms with Crippen molar-refractivity contribution in [1.82, 2.24) is 15.0 Å². The van der Waals surface area contributed by atoms with Crippen LogP contribution >= 0.6 is 0 Å². The number of aromatic nitrogens is 3. The van der Waals surface area contributed by atoms with E-state index in [1.54, 1.807) is 0 Å². The predicted molar refractivity (Wildman–Crippen MR) is 179 cm³/mol. The van der Waals surface area contributed by atoms with Crippen LogP contribution in [0.25, 0.3) is 77.6 Å². The van der Waals surface area contributed by atoms with E-state index in [4.69, 9.17) is 15.0 Å². The molecule has 0 radical (unpaired) electrons. The molecule has 0 N–H and O–H groups in total. The van der Waals surface area contributed by atoms with Gasteiger partial charge in [0, 0.05) is 16.7 Å². The molecule has 202 valence electrons. The molecule has 0 spiro atoms. The second-order valence-electron chi connectivity index (χ2n) is 10.9. The molecule has 3 nitrogen and oxygen atoms in total. The summed E-state index contributed by atoms with van der Waals surface area (Å²) in [6, 6.07) is 50.8. The van der Waals surface area contributed by atoms with Crippen LogP contribution in [0.3, 0.4) is 0 Å². The lowest BCUT2D eigenvalue weighted by Crippen LogP contribution is -2.00. The van der Waals surface area contributed by atoms with Gasteiger partial charge >= 0.3 is 0 Å². The van der Waals surface area contributed by atoms with E-state index in [1.807, 2.05) is 36.4 Å². The van der Waals surface area contributed by atoms with Gasteiger partial charge in [-0.3, -0.25) is 0 Å². The molecule has 3 heteroatoms. The quantitative estimate of drug-likeness (QED) is 0.205. The molecule has 0 amide bonds. The Bertz CT molecular complexity index is 2270. The van der Waals surface area contributed by atoms with Crippen LogP contribution in [0.2, 0.25) is 0 Å². The average molecular weight is 550 g/mol. The van der Waals surface area contributed by atoms with Crippen LogP contribution in [-0.4, -0.2) is 15.0 Å². The zero-order chi connectivity index (χ0) is 28.8. The van der Waals surface area contributed by atoms with Gasteiger partial charge in [0.25, 0.3) is 0 Å². The van der Waals surface area contributed by atoms with E-state index in [0.717, 1.165) is 22.3 Å². The minimum Gasteiger partial charge on any atom is -0.208 e. The van der Waals surface area contributed by atoms with Gasteiger partial charge in [-0.2, -0.15) is 0 Å². The smallest absolute Gasteiger partial charge is 0.164 e. The van der Waals surface area contributed by atoms with Crippen molar-refractivity contribution >= 4 is 32.3 Å². The van der Waals surface area contributed by atoms with Gasteiger partial charge in [-0.15, -0.1) is 0 Å². The van der Waals surface area contributed by atoms with Gasteiger partial charge in [0.05, 0.1) is 0 Å². The first-order valence-electron chi connectivity index (χ1n) is 14.5. The zero-order valence-electron chi connectivity index (χ0n) is 23.7. The number of fused-ring (bicyclic) bond motifs is 6. The lowest BCUT2D eigenvalue weighted by Gasteiger charge is -2.14. The summed E-state index contributed by atoms with van der Waals surface area (Å²) >= 11 is 0. The lowest BCUT2D eigenvalue weighted by atomic mass is 9.91. The van der Waals surface area contributed by atoms with E-state index in [2.05, 4.69) is 116 Å². The summed E-state index contributed by atoms with van der Waals surface area (Å²) in [5.41, 5.74) is 6.49. The summed E-state index contributed by atoms with van der Waals surface area (Å²) in [6.45, 7) is 2.19. The molecule has 43 heavy (non-hydrogen) atoms. The molecule has 1 heterocycles. The van der Waals surface area contributed by atoms with E-state index in [1.165, 1.54) is 43.4 Å². The van der Waals surface area contributed by atoms with Crippen LogP contribution in [0.1, 0.15) is 5.56 Å². The highest BCUT2D eigenvalue weighted by Crippen LogP contribution is 2.38. The van der Waals surface area contributed by atoms with Crippen LogP contribution in [0.15, 0.2) is 146 Å². The zero-order valence-corrected chi connectivity index (χ0v) is 23.7. The van der Waals surface area contributed by atoms with E-state index in [0.29, 0.717) is 17.5 Å². The van der Waals surface area contributed by atoms with Gasteiger partial charge in [-0.25, -0.2) is 15.0 Å². The average Bonchev–Trinajstić information content (AvgIpc) is 3.09. The molecular formula is C40H27N3. The Kier molecular flexibility index (Phi) is 6.01. The van der Waals surface area contributed by atoms with Gasteiger partial charge in [0.1, 0.15) is 0 Å². The van der Waals surface area contributed by atoms with Gasteiger partial charge < -0.3 is 0 Å². The van der Waals surface area contributed by atoms with Crippen LogP contribution in [0, 0.1) is 6.92 Å². The summed E-state index contributed by atoms with van der Waals surface area (Å²) < 4.78 is 0. The Morgan fingerprint density at radius 2 is 0.767 bits per heavy atom. The number of nitrogens with zero attached hydrogens (tertiary/aromatic N) is 3. The summed E-state index contributed by atoms with van der Waals surface area (Å²) in [6.07, 6.45) is 0. The maximum Gasteiger partial charge on any atom is 0.164 e. The first kappa shape index (κ1) is 25.1. The summed E-state index contributed by atoms with van der Waals surface area (Å²) in [5, 5.41) is 7.50. The van der Waals surface area contributed by atoms with Crippen LogP contribution in [0.4, 0.5) is 0 Å². The SMILES string of the molecule is Cc1cccc2c3cc(-c4nc(-c5ccccc5)nc(-c5ccc(-c6ccccc6)cc5)n4)ccc3c3ccccc3c12. The molecule has 0 aliphatic carbocycles. The van der Waals surface area contributed by atoms with Crippen LogP contribution in [0.5, 0.6) is 0 Å². The largest absolute Gasteiger partial charge is 0.208 e. The molecule has 0 fully saturated rings. The van der Waals surface area contributed by atoms with Crippen molar-refractivity contribution in [1.29, 1.82) is 0 Å². The maximum absolute atomic E-state index is 5.05. The Balaban J connectivity index is 1.33. The molecule has 0 saturated carbocycles. The van der Waals surface area contributed by atoms with Crippen molar-refractivity contribution in [3.8, 4) is 45.3 Å². The summed E-state index contributed by atoms with van der Waals surface area (Å²) in [7, 11) is 0. The van der Waals surface area contributed by atoms with Gasteiger partial charge in [-0.05, 0) is 62.0 Å². The number of aryl methyl sites for hydroxylation is 1. The molecule has 0 aliphatic heterocycles. The fourth-order valence-electron chi connectivity index (χ4n) is 6.12. The molecule has 0 aliphatic rings. The van der Waals surface area contributed by atoms with E-state index in [9.17, 15) is 0 Å². The number of hydrogen-bond acceptors (Lipinski definition) is 3. The normalized spacial score (nSPS) is 11.4. The first-order chi connectivity index (χ1) is 21.2. The fourth-order valence-corrected chi connectivity index (χ4v) is 6.12. The maximum atomic E-state index is 5.05. The summed E-state index contributed by atoms with van der Waals surface area (Å²) in [4.78, 5) is 15.0. The van der Waals surface area contributed by atoms with E-state index >= 15 is 0 Å². The van der Waals surface area contributed by atoms with E-state index in [-0.39, 0.29) is 0 Å². The van der Waals surface area contributed by atoms with Crippen molar-refractivity contribution in [2.45, 2.75) is 6.92 Å². The third-order valence-corrected chi connectivity index (χ3v) is 8.24. The molecular weight excluding hydrogens is 522 g/mol. The van der Waals surface area contributed by atoms with Gasteiger partial charge in [0.15, 0.2) is 17.5 Å². The van der Waals surface area contributed by atoms with Crippen molar-refractivity contribution in [2.75, 3.05) is 0 Å². The second kappa shape index (κ2) is 10.3. The monoisotopic (exact) mass is 549 g/mol. The van der Waals surface area contributed by atoms with Crippen LogP contribution in [-0.2, 0) is 0 Å². The highest BCUT2D eigenvalue weighted by molar-refractivity contribution is 6.26. The molecule has 0 unspecified atom stereocenters. The Labute approximate surface area is 250 Å². The van der Waals surface area contributed by atoms with E-state index < -0.39 is 0 Å². The van der Waals surface area contributed by atoms with Crippen molar-refractivity contribution < 1.29 is 0 Å². The second-order valence-corrected chi connectivity index (χ2v) is 10.9. The highest BCUT2D eigenvalue weighted by atomic mass is 15.0. The standard InChI is InChI=1S/C40H27N3/c1-26-11-10-18-35-36-25-31(23-24-33(36)32-16-8-9-17-34(32)37(26)35)40-42-38(29-14-6-3-7-15-29)41-39(43-40)30-21-19-28(20-22-30)27-12-4-2-5-13-27/h2-25H,1H3. The molecule has 0 bridgehead atoms. The minimum absolute atomic E-state index is 0.655. The molecule has 7 aromatic carbocycles. The topological polar surface area (TPSA) is 38.7 Å². The van der Waals surface area contributed by atoms with Crippen LogP contribution < -0.4 is 0 Å². The van der Waals surface area contributed by atoms with Gasteiger partial charge in [0.2, 0.25) is 0 Å². The van der Waals surface area contributed by atoms with Crippen molar-refractivity contribution in [3.05, 3.63) is 151 Å². The summed E-state index contributed by atoms with van der Waals surface area (Å²) in [5.74, 6) is 1.97. The molecule has 8 aromatic rings. The third kappa shape index (κ3) is 4.43. The molecule has 8 rings (SSSR count). The number of hydrogen-bond donors (Lipinski definition) is 0. The number of benzene rings is 7. The third-order valence-electron chi connectivity index (χ3n) is 8.24. The Morgan fingerprint density at radius 3 is 1.47 bits per heavy atom. The number of rotatable bonds is 4. The molecule has 0 atom stereocenters. The van der Waals surface area contributed by atoms with Crippen molar-refractivity contribution in [2.24, 2.45) is 0 Å². The first-order valence-corrected chi connectivity index (χ1v) is 14.5. The molecule has 1 aromatic heterocycles. The van der Waals surface area contributed by atoms with Crippen molar-refractivity contribution in [3.63, 3.8) is 0 Å². The van der Waals surface area contributed by atoms with Gasteiger partial charge in [-0.1, -0.05) is 140 Å². The Hall–Kier alpha value is -5.67. The predicted octanol–water partition coefficient (Wildman–Crippen LogP) is 10.3. The fraction of sp³-hybridized carbons (Fsp3) is 0.0250.